The molecule has 4 heteroatoms. The summed E-state index contributed by atoms with van der Waals surface area (Å²) in [6.07, 6.45) is 12.4. The lowest BCUT2D eigenvalue weighted by atomic mass is 10.2. The van der Waals surface area contributed by atoms with Gasteiger partial charge in [-0.1, -0.05) is 49.6 Å². The maximum Gasteiger partial charge on any atom is 0.323 e. The van der Waals surface area contributed by atoms with Gasteiger partial charge < -0.3 is 16.0 Å². The van der Waals surface area contributed by atoms with Crippen molar-refractivity contribution in [3.05, 3.63) is 59.8 Å². The van der Waals surface area contributed by atoms with Crippen LogP contribution in [0.25, 0.3) is 0 Å². The number of urea groups is 1. The van der Waals surface area contributed by atoms with Gasteiger partial charge in [0.05, 0.1) is 11.4 Å². The summed E-state index contributed by atoms with van der Waals surface area (Å²) in [5.74, 6) is 0. The fourth-order valence-electron chi connectivity index (χ4n) is 2.44. The van der Waals surface area contributed by atoms with Crippen LogP contribution in [0.4, 0.5) is 16.2 Å². The number of rotatable bonds is 7. The minimum Gasteiger partial charge on any atom is -0.383 e. The molecular formula is C20H27N3O. The molecule has 1 aromatic rings. The van der Waals surface area contributed by atoms with Gasteiger partial charge in [-0.05, 0) is 44.1 Å². The predicted octanol–water partition coefficient (Wildman–Crippen LogP) is 5.20. The summed E-state index contributed by atoms with van der Waals surface area (Å²) in [7, 11) is 0. The molecule has 0 saturated heterocycles. The number of allylic oxidation sites excluding steroid dienone is 5. The van der Waals surface area contributed by atoms with Crippen LogP contribution < -0.4 is 16.0 Å². The maximum atomic E-state index is 12.3. The van der Waals surface area contributed by atoms with Crippen LogP contribution in [0.2, 0.25) is 0 Å². The molecule has 1 aromatic carbocycles. The minimum atomic E-state index is -0.235. The summed E-state index contributed by atoms with van der Waals surface area (Å²) >= 11 is 0. The Morgan fingerprint density at radius 2 is 1.88 bits per heavy atom. The van der Waals surface area contributed by atoms with Crippen LogP contribution in [0.5, 0.6) is 0 Å². The molecule has 0 spiro atoms. The zero-order valence-electron chi connectivity index (χ0n) is 14.6. The lowest BCUT2D eigenvalue weighted by molar-refractivity contribution is 0.254. The van der Waals surface area contributed by atoms with Crippen LogP contribution in [-0.2, 0) is 0 Å². The maximum absolute atomic E-state index is 12.3. The standard InChI is InChI=1S/C20H27N3O/c1-3-4-7-15-21-18-11-5-6-12-19(18)23-20(24)22-17-10-8-9-16(2)13-14-17/h5-6,8,10-14,21H,3-4,7,9,15H2,1-2H3,(H2,22,23,24). The zero-order valence-corrected chi connectivity index (χ0v) is 14.6. The van der Waals surface area contributed by atoms with Crippen LogP contribution in [-0.4, -0.2) is 12.6 Å². The molecule has 1 aliphatic rings. The Morgan fingerprint density at radius 1 is 1.08 bits per heavy atom. The van der Waals surface area contributed by atoms with Crippen molar-refractivity contribution in [3.8, 4) is 0 Å². The molecular weight excluding hydrogens is 298 g/mol. The summed E-state index contributed by atoms with van der Waals surface area (Å²) < 4.78 is 0. The van der Waals surface area contributed by atoms with E-state index in [-0.39, 0.29) is 6.03 Å². The second-order valence-electron chi connectivity index (χ2n) is 6.00. The smallest absolute Gasteiger partial charge is 0.323 e. The Kier molecular flexibility index (Phi) is 7.15. The van der Waals surface area contributed by atoms with Crippen LogP contribution in [0.15, 0.2) is 59.8 Å². The fourth-order valence-corrected chi connectivity index (χ4v) is 2.44. The first-order chi connectivity index (χ1) is 11.7. The molecule has 3 N–H and O–H groups in total. The number of hydrogen-bond acceptors (Lipinski definition) is 2. The number of hydrogen-bond donors (Lipinski definition) is 3. The highest BCUT2D eigenvalue weighted by molar-refractivity contribution is 5.94. The number of unbranched alkanes of at least 4 members (excludes halogenated alkanes) is 2. The highest BCUT2D eigenvalue weighted by atomic mass is 16.2. The molecule has 4 nitrogen and oxygen atoms in total. The predicted molar refractivity (Wildman–Crippen MR) is 102 cm³/mol. The van der Waals surface area contributed by atoms with E-state index in [4.69, 9.17) is 0 Å². The van der Waals surface area contributed by atoms with Crippen LogP contribution in [0.3, 0.4) is 0 Å². The molecule has 1 aliphatic carbocycles. The first-order valence-electron chi connectivity index (χ1n) is 8.64. The Labute approximate surface area is 144 Å². The first kappa shape index (κ1) is 17.9. The van der Waals surface area contributed by atoms with Gasteiger partial charge >= 0.3 is 6.03 Å². The van der Waals surface area contributed by atoms with E-state index in [1.807, 2.05) is 48.6 Å². The molecule has 0 radical (unpaired) electrons. The Balaban J connectivity index is 1.94. The third kappa shape index (κ3) is 5.95. The highest BCUT2D eigenvalue weighted by Gasteiger charge is 2.07. The topological polar surface area (TPSA) is 53.2 Å². The number of para-hydroxylation sites is 2. The van der Waals surface area contributed by atoms with Crippen molar-refractivity contribution in [1.29, 1.82) is 0 Å². The molecule has 24 heavy (non-hydrogen) atoms. The fraction of sp³-hybridized carbons (Fsp3) is 0.350. The van der Waals surface area contributed by atoms with Crippen molar-refractivity contribution in [2.75, 3.05) is 17.2 Å². The molecule has 0 atom stereocenters. The van der Waals surface area contributed by atoms with Gasteiger partial charge in [-0.2, -0.15) is 0 Å². The van der Waals surface area contributed by atoms with Gasteiger partial charge in [-0.3, -0.25) is 0 Å². The summed E-state index contributed by atoms with van der Waals surface area (Å²) in [6.45, 7) is 5.17. The molecule has 2 amide bonds. The number of amides is 2. The van der Waals surface area contributed by atoms with E-state index < -0.39 is 0 Å². The second-order valence-corrected chi connectivity index (χ2v) is 6.00. The van der Waals surface area contributed by atoms with Crippen molar-refractivity contribution >= 4 is 17.4 Å². The number of benzene rings is 1. The van der Waals surface area contributed by atoms with E-state index in [1.165, 1.54) is 18.4 Å². The average Bonchev–Trinajstić information content (AvgIpc) is 2.77. The average molecular weight is 325 g/mol. The molecule has 0 aliphatic heterocycles. The summed E-state index contributed by atoms with van der Waals surface area (Å²) in [4.78, 5) is 12.3. The Bertz CT molecular complexity index is 644. The monoisotopic (exact) mass is 325 g/mol. The van der Waals surface area contributed by atoms with Gasteiger partial charge in [0.25, 0.3) is 0 Å². The molecule has 0 unspecified atom stereocenters. The molecule has 0 bridgehead atoms. The summed E-state index contributed by atoms with van der Waals surface area (Å²) in [5.41, 5.74) is 3.80. The normalized spacial score (nSPS) is 13.6. The number of nitrogens with one attached hydrogen (secondary N) is 3. The molecule has 0 heterocycles. The van der Waals surface area contributed by atoms with Crippen LogP contribution in [0, 0.1) is 0 Å². The van der Waals surface area contributed by atoms with Crippen molar-refractivity contribution in [3.63, 3.8) is 0 Å². The Morgan fingerprint density at radius 3 is 2.67 bits per heavy atom. The quantitative estimate of drug-likeness (QED) is 0.603. The lowest BCUT2D eigenvalue weighted by Crippen LogP contribution is -2.27. The third-order valence-corrected chi connectivity index (χ3v) is 3.81. The SMILES string of the molecule is CCCCCNc1ccccc1NC(=O)NC1=CC=C(C)CC=C1. The van der Waals surface area contributed by atoms with E-state index in [0.717, 1.165) is 36.5 Å². The van der Waals surface area contributed by atoms with Crippen molar-refractivity contribution in [2.24, 2.45) is 0 Å². The van der Waals surface area contributed by atoms with Gasteiger partial charge in [0.1, 0.15) is 0 Å². The van der Waals surface area contributed by atoms with Gasteiger partial charge in [-0.15, -0.1) is 0 Å². The zero-order chi connectivity index (χ0) is 17.2. The summed E-state index contributed by atoms with van der Waals surface area (Å²) in [5, 5.41) is 9.20. The molecule has 0 saturated carbocycles. The van der Waals surface area contributed by atoms with E-state index in [1.54, 1.807) is 0 Å². The highest BCUT2D eigenvalue weighted by Crippen LogP contribution is 2.21. The summed E-state index contributed by atoms with van der Waals surface area (Å²) in [6, 6.07) is 7.54. The largest absolute Gasteiger partial charge is 0.383 e. The van der Waals surface area contributed by atoms with Crippen LogP contribution >= 0.6 is 0 Å². The van der Waals surface area contributed by atoms with E-state index in [2.05, 4.69) is 29.8 Å². The number of carbonyl (C=O) groups excluding carboxylic acids is 1. The van der Waals surface area contributed by atoms with Gasteiger partial charge in [0.2, 0.25) is 0 Å². The second kappa shape index (κ2) is 9.60. The van der Waals surface area contributed by atoms with Crippen molar-refractivity contribution in [2.45, 2.75) is 39.5 Å². The van der Waals surface area contributed by atoms with Gasteiger partial charge in [0, 0.05) is 12.2 Å². The number of carbonyl (C=O) groups is 1. The first-order valence-corrected chi connectivity index (χ1v) is 8.64. The van der Waals surface area contributed by atoms with Gasteiger partial charge in [-0.25, -0.2) is 4.79 Å². The van der Waals surface area contributed by atoms with Crippen molar-refractivity contribution in [1.82, 2.24) is 5.32 Å². The van der Waals surface area contributed by atoms with Crippen LogP contribution in [0.1, 0.15) is 39.5 Å². The molecule has 0 fully saturated rings. The third-order valence-electron chi connectivity index (χ3n) is 3.81. The van der Waals surface area contributed by atoms with Gasteiger partial charge in [0.15, 0.2) is 0 Å². The Hall–Kier alpha value is -2.49. The van der Waals surface area contributed by atoms with E-state index >= 15 is 0 Å². The van der Waals surface area contributed by atoms with E-state index in [0.29, 0.717) is 0 Å². The number of anilines is 2. The molecule has 2 rings (SSSR count). The molecule has 0 aromatic heterocycles. The van der Waals surface area contributed by atoms with E-state index in [9.17, 15) is 4.79 Å². The molecule has 128 valence electrons. The minimum absolute atomic E-state index is 0.235. The van der Waals surface area contributed by atoms with Crippen molar-refractivity contribution < 1.29 is 4.79 Å². The lowest BCUT2D eigenvalue weighted by Gasteiger charge is -2.13.